The molecule has 2 saturated heterocycles. The molecule has 2 fully saturated rings. The molecule has 0 aliphatic carbocycles. The lowest BCUT2D eigenvalue weighted by Gasteiger charge is -2.44. The van der Waals surface area contributed by atoms with Gasteiger partial charge < -0.3 is 9.80 Å². The van der Waals surface area contributed by atoms with E-state index in [1.54, 1.807) is 24.3 Å². The number of unbranched alkanes of at least 4 members (excludes halogenated alkanes) is 1. The maximum absolute atomic E-state index is 13.1. The van der Waals surface area contributed by atoms with Crippen LogP contribution in [0.3, 0.4) is 0 Å². The van der Waals surface area contributed by atoms with E-state index in [0.29, 0.717) is 16.5 Å². The highest BCUT2D eigenvalue weighted by Crippen LogP contribution is 2.44. The fourth-order valence-corrected chi connectivity index (χ4v) is 5.93. The average Bonchev–Trinajstić information content (AvgIpc) is 3.12. The number of halogens is 1. The number of likely N-dealkylation sites (tertiary alicyclic amines) is 1. The summed E-state index contributed by atoms with van der Waals surface area (Å²) >= 11 is 7.85. The molecule has 2 aliphatic rings. The SMILES string of the molecule is CCCCC(CC)C(=O)N1CCC2(CC1)SCCN2C(=O)c1ccc(Cl)cc1. The van der Waals surface area contributed by atoms with Gasteiger partial charge in [0.25, 0.3) is 5.91 Å². The molecule has 1 atom stereocenters. The topological polar surface area (TPSA) is 40.6 Å². The first-order chi connectivity index (χ1) is 13.5. The van der Waals surface area contributed by atoms with Crippen molar-refractivity contribution < 1.29 is 9.59 Å². The summed E-state index contributed by atoms with van der Waals surface area (Å²) < 4.78 is 0. The zero-order chi connectivity index (χ0) is 20.1. The highest BCUT2D eigenvalue weighted by Gasteiger charge is 2.47. The Kier molecular flexibility index (Phi) is 7.32. The maximum Gasteiger partial charge on any atom is 0.254 e. The van der Waals surface area contributed by atoms with Gasteiger partial charge in [-0.05, 0) is 49.9 Å². The first kappa shape index (κ1) is 21.5. The van der Waals surface area contributed by atoms with Crippen LogP contribution in [0.25, 0.3) is 0 Å². The van der Waals surface area contributed by atoms with Gasteiger partial charge in [-0.3, -0.25) is 9.59 Å². The number of hydrogen-bond donors (Lipinski definition) is 0. The second-order valence-electron chi connectivity index (χ2n) is 7.83. The van der Waals surface area contributed by atoms with E-state index in [1.807, 2.05) is 21.6 Å². The average molecular weight is 423 g/mol. The summed E-state index contributed by atoms with van der Waals surface area (Å²) in [5, 5.41) is 0.641. The van der Waals surface area contributed by atoms with Crippen LogP contribution in [0.4, 0.5) is 0 Å². The van der Waals surface area contributed by atoms with Crippen molar-refractivity contribution in [3.8, 4) is 0 Å². The quantitative estimate of drug-likeness (QED) is 0.642. The number of amides is 2. The lowest BCUT2D eigenvalue weighted by Crippen LogP contribution is -2.54. The lowest BCUT2D eigenvalue weighted by atomic mass is 9.95. The fourth-order valence-electron chi connectivity index (χ4n) is 4.35. The van der Waals surface area contributed by atoms with Gasteiger partial charge in [-0.25, -0.2) is 0 Å². The third-order valence-electron chi connectivity index (χ3n) is 6.12. The molecular weight excluding hydrogens is 392 g/mol. The molecule has 154 valence electrons. The molecule has 0 radical (unpaired) electrons. The smallest absolute Gasteiger partial charge is 0.254 e. The Balaban J connectivity index is 1.65. The first-order valence-corrected chi connectivity index (χ1v) is 11.9. The minimum atomic E-state index is -0.168. The molecule has 0 aromatic heterocycles. The lowest BCUT2D eigenvalue weighted by molar-refractivity contribution is -0.137. The second kappa shape index (κ2) is 9.53. The number of carbonyl (C=O) groups excluding carboxylic acids is 2. The Bertz CT molecular complexity index is 686. The standard InChI is InChI=1S/C22H31ClN2O2S/c1-3-5-6-17(4-2)20(26)24-13-11-22(12-14-24)25(15-16-28-22)21(27)18-7-9-19(23)10-8-18/h7-10,17H,3-6,11-16H2,1-2H3. The Morgan fingerprint density at radius 2 is 1.82 bits per heavy atom. The molecule has 4 nitrogen and oxygen atoms in total. The summed E-state index contributed by atoms with van der Waals surface area (Å²) in [6.45, 7) is 6.56. The number of benzene rings is 1. The normalized spacial score (nSPS) is 19.8. The minimum Gasteiger partial charge on any atom is -0.342 e. The summed E-state index contributed by atoms with van der Waals surface area (Å²) in [6.07, 6.45) is 5.85. The van der Waals surface area contributed by atoms with Gasteiger partial charge in [-0.2, -0.15) is 0 Å². The van der Waals surface area contributed by atoms with Crippen molar-refractivity contribution in [1.29, 1.82) is 0 Å². The number of thioether (sulfide) groups is 1. The summed E-state index contributed by atoms with van der Waals surface area (Å²) in [5.41, 5.74) is 0.690. The van der Waals surface area contributed by atoms with E-state index in [4.69, 9.17) is 11.6 Å². The van der Waals surface area contributed by atoms with Crippen LogP contribution in [0.2, 0.25) is 5.02 Å². The molecule has 1 spiro atoms. The number of nitrogens with zero attached hydrogens (tertiary/aromatic N) is 2. The zero-order valence-corrected chi connectivity index (χ0v) is 18.5. The second-order valence-corrected chi connectivity index (χ2v) is 9.72. The Morgan fingerprint density at radius 1 is 1.14 bits per heavy atom. The van der Waals surface area contributed by atoms with Crippen LogP contribution in [0.1, 0.15) is 62.7 Å². The fraction of sp³-hybridized carbons (Fsp3) is 0.636. The van der Waals surface area contributed by atoms with E-state index in [1.165, 1.54) is 0 Å². The third-order valence-corrected chi connectivity index (χ3v) is 7.92. The van der Waals surface area contributed by atoms with Crippen molar-refractivity contribution in [2.45, 2.75) is 57.2 Å². The van der Waals surface area contributed by atoms with Gasteiger partial charge >= 0.3 is 0 Å². The van der Waals surface area contributed by atoms with Gasteiger partial charge in [0.15, 0.2) is 0 Å². The molecule has 2 aliphatic heterocycles. The van der Waals surface area contributed by atoms with Crippen LogP contribution in [0.15, 0.2) is 24.3 Å². The highest BCUT2D eigenvalue weighted by molar-refractivity contribution is 8.00. The predicted octanol–water partition coefficient (Wildman–Crippen LogP) is 5.06. The zero-order valence-electron chi connectivity index (χ0n) is 17.0. The van der Waals surface area contributed by atoms with Gasteiger partial charge in [-0.1, -0.05) is 38.3 Å². The van der Waals surface area contributed by atoms with Crippen LogP contribution in [-0.4, -0.2) is 51.9 Å². The summed E-state index contributed by atoms with van der Waals surface area (Å²) in [4.78, 5) is 30.0. The van der Waals surface area contributed by atoms with Gasteiger partial charge in [0, 0.05) is 41.9 Å². The Labute approximate surface area is 178 Å². The van der Waals surface area contributed by atoms with E-state index in [9.17, 15) is 9.59 Å². The molecule has 2 heterocycles. The van der Waals surface area contributed by atoms with Crippen molar-refractivity contribution in [3.05, 3.63) is 34.9 Å². The largest absolute Gasteiger partial charge is 0.342 e. The van der Waals surface area contributed by atoms with Gasteiger partial charge in [0.05, 0.1) is 4.87 Å². The van der Waals surface area contributed by atoms with E-state index >= 15 is 0 Å². The van der Waals surface area contributed by atoms with Crippen LogP contribution in [-0.2, 0) is 4.79 Å². The van der Waals surface area contributed by atoms with E-state index in [-0.39, 0.29) is 16.7 Å². The highest BCUT2D eigenvalue weighted by atomic mass is 35.5. The molecule has 1 unspecified atom stereocenters. The number of carbonyl (C=O) groups is 2. The summed E-state index contributed by atoms with van der Waals surface area (Å²) in [6, 6.07) is 7.15. The molecular formula is C22H31ClN2O2S. The molecule has 6 heteroatoms. The minimum absolute atomic E-state index is 0.0795. The van der Waals surface area contributed by atoms with E-state index < -0.39 is 0 Å². The molecule has 3 rings (SSSR count). The monoisotopic (exact) mass is 422 g/mol. The van der Waals surface area contributed by atoms with Crippen LogP contribution >= 0.6 is 23.4 Å². The van der Waals surface area contributed by atoms with Crippen LogP contribution in [0.5, 0.6) is 0 Å². The number of piperidine rings is 1. The van der Waals surface area contributed by atoms with Crippen LogP contribution in [0, 0.1) is 5.92 Å². The van der Waals surface area contributed by atoms with Gasteiger partial charge in [0.2, 0.25) is 5.91 Å². The Hall–Kier alpha value is -1.20. The van der Waals surface area contributed by atoms with Crippen molar-refractivity contribution in [1.82, 2.24) is 9.80 Å². The Morgan fingerprint density at radius 3 is 2.43 bits per heavy atom. The molecule has 28 heavy (non-hydrogen) atoms. The molecule has 1 aromatic rings. The predicted molar refractivity (Wildman–Crippen MR) is 117 cm³/mol. The first-order valence-electron chi connectivity index (χ1n) is 10.5. The molecule has 0 bridgehead atoms. The van der Waals surface area contributed by atoms with Crippen molar-refractivity contribution in [2.75, 3.05) is 25.4 Å². The molecule has 1 aromatic carbocycles. The van der Waals surface area contributed by atoms with Crippen molar-refractivity contribution in [3.63, 3.8) is 0 Å². The van der Waals surface area contributed by atoms with Crippen LogP contribution < -0.4 is 0 Å². The summed E-state index contributed by atoms with van der Waals surface area (Å²) in [7, 11) is 0. The molecule has 0 saturated carbocycles. The van der Waals surface area contributed by atoms with Gasteiger partial charge in [0.1, 0.15) is 0 Å². The van der Waals surface area contributed by atoms with E-state index in [0.717, 1.165) is 63.9 Å². The number of rotatable bonds is 6. The number of hydrogen-bond acceptors (Lipinski definition) is 3. The van der Waals surface area contributed by atoms with Crippen molar-refractivity contribution >= 4 is 35.2 Å². The van der Waals surface area contributed by atoms with E-state index in [2.05, 4.69) is 13.8 Å². The molecule has 0 N–H and O–H groups in total. The van der Waals surface area contributed by atoms with Crippen molar-refractivity contribution in [2.24, 2.45) is 5.92 Å². The third kappa shape index (κ3) is 4.51. The van der Waals surface area contributed by atoms with Gasteiger partial charge in [-0.15, -0.1) is 11.8 Å². The maximum atomic E-state index is 13.1. The molecule has 2 amide bonds. The summed E-state index contributed by atoms with van der Waals surface area (Å²) in [5.74, 6) is 1.50.